The molecular weight excluding hydrogens is 277 g/mol. The molecule has 1 atom stereocenters. The lowest BCUT2D eigenvalue weighted by atomic mass is 10.0. The van der Waals surface area contributed by atoms with Gasteiger partial charge in [0.05, 0.1) is 0 Å². The molecule has 0 aliphatic rings. The van der Waals surface area contributed by atoms with Crippen LogP contribution in [-0.2, 0) is 0 Å². The van der Waals surface area contributed by atoms with Crippen LogP contribution < -0.4 is 10.5 Å². The van der Waals surface area contributed by atoms with Gasteiger partial charge in [-0.25, -0.2) is 8.78 Å². The number of aliphatic hydroxyl groups is 1. The number of aromatic hydroxyl groups is 1. The Labute approximate surface area is 104 Å². The summed E-state index contributed by atoms with van der Waals surface area (Å²) in [5, 5.41) is 17.9. The fourth-order valence-electron chi connectivity index (χ4n) is 1.32. The third-order valence-electron chi connectivity index (χ3n) is 2.26. The first kappa shape index (κ1) is 15.4. The van der Waals surface area contributed by atoms with Crippen LogP contribution in [0.5, 0.6) is 11.5 Å². The molecule has 0 aliphatic heterocycles. The number of rotatable bonds is 4. The predicted molar refractivity (Wildman–Crippen MR) is 53.8 cm³/mol. The molecular formula is C10H10F5NO3. The third kappa shape index (κ3) is 3.67. The smallest absolute Gasteiger partial charge is 0.504 e. The van der Waals surface area contributed by atoms with E-state index in [-0.39, 0.29) is 0 Å². The van der Waals surface area contributed by atoms with Gasteiger partial charge in [0, 0.05) is 5.56 Å². The number of aliphatic hydroxyl groups excluding tert-OH is 1. The van der Waals surface area contributed by atoms with Crippen molar-refractivity contribution in [3.63, 3.8) is 0 Å². The van der Waals surface area contributed by atoms with Gasteiger partial charge < -0.3 is 20.7 Å². The van der Waals surface area contributed by atoms with Gasteiger partial charge in [0.1, 0.15) is 12.6 Å². The molecule has 1 aromatic carbocycles. The number of halogens is 5. The fraction of sp³-hybridized carbons (Fsp3) is 0.400. The van der Waals surface area contributed by atoms with E-state index in [0.717, 1.165) is 18.2 Å². The van der Waals surface area contributed by atoms with E-state index in [1.165, 1.54) is 0 Å². The number of hydrogen-bond donors (Lipinski definition) is 3. The Kier molecular flexibility index (Phi) is 4.21. The second-order valence-electron chi connectivity index (χ2n) is 3.64. The molecule has 4 N–H and O–H groups in total. The van der Waals surface area contributed by atoms with Crippen molar-refractivity contribution in [1.82, 2.24) is 0 Å². The molecule has 0 spiro atoms. The van der Waals surface area contributed by atoms with E-state index in [0.29, 0.717) is 0 Å². The van der Waals surface area contributed by atoms with Gasteiger partial charge in [-0.2, -0.15) is 0 Å². The van der Waals surface area contributed by atoms with Crippen LogP contribution in [0.1, 0.15) is 11.6 Å². The average Bonchev–Trinajstić information content (AvgIpc) is 2.29. The quantitative estimate of drug-likeness (QED) is 0.739. The Bertz CT molecular complexity index is 449. The lowest BCUT2D eigenvalue weighted by Gasteiger charge is -2.23. The standard InChI is InChI=1S/C10H10F5NO3/c11-9(12,4-17)8(16)5-2-1-3-6(7(5)18)19-10(13,14)15/h1-3,8,17-18H,4,16H2/t8-/m0/s1. The topological polar surface area (TPSA) is 75.7 Å². The number of hydrogen-bond acceptors (Lipinski definition) is 4. The van der Waals surface area contributed by atoms with Crippen molar-refractivity contribution >= 4 is 0 Å². The summed E-state index contributed by atoms with van der Waals surface area (Å²) in [7, 11) is 0. The van der Waals surface area contributed by atoms with Gasteiger partial charge in [-0.15, -0.1) is 13.2 Å². The van der Waals surface area contributed by atoms with Gasteiger partial charge in [0.15, 0.2) is 11.5 Å². The molecule has 0 fully saturated rings. The summed E-state index contributed by atoms with van der Waals surface area (Å²) >= 11 is 0. The van der Waals surface area contributed by atoms with Crippen LogP contribution in [0.2, 0.25) is 0 Å². The molecule has 1 aromatic rings. The van der Waals surface area contributed by atoms with Crippen LogP contribution in [0.25, 0.3) is 0 Å². The van der Waals surface area contributed by atoms with Gasteiger partial charge in [-0.05, 0) is 6.07 Å². The van der Waals surface area contributed by atoms with E-state index in [1.807, 2.05) is 0 Å². The molecule has 4 nitrogen and oxygen atoms in total. The van der Waals surface area contributed by atoms with E-state index in [9.17, 15) is 27.1 Å². The first-order valence-electron chi connectivity index (χ1n) is 4.90. The highest BCUT2D eigenvalue weighted by atomic mass is 19.4. The molecule has 0 saturated carbocycles. The molecule has 0 aromatic heterocycles. The van der Waals surface area contributed by atoms with Gasteiger partial charge in [-0.1, -0.05) is 12.1 Å². The van der Waals surface area contributed by atoms with Crippen molar-refractivity contribution in [2.75, 3.05) is 6.61 Å². The van der Waals surface area contributed by atoms with Crippen molar-refractivity contribution in [2.24, 2.45) is 5.73 Å². The van der Waals surface area contributed by atoms with Crippen LogP contribution >= 0.6 is 0 Å². The van der Waals surface area contributed by atoms with Crippen molar-refractivity contribution < 1.29 is 36.9 Å². The monoisotopic (exact) mass is 287 g/mol. The van der Waals surface area contributed by atoms with E-state index in [4.69, 9.17) is 10.8 Å². The lowest BCUT2D eigenvalue weighted by Crippen LogP contribution is -2.36. The first-order valence-corrected chi connectivity index (χ1v) is 4.90. The molecule has 108 valence electrons. The molecule has 0 aliphatic carbocycles. The summed E-state index contributed by atoms with van der Waals surface area (Å²) in [6.07, 6.45) is -5.08. The summed E-state index contributed by atoms with van der Waals surface area (Å²) < 4.78 is 65.7. The van der Waals surface area contributed by atoms with Crippen molar-refractivity contribution in [1.29, 1.82) is 0 Å². The minimum atomic E-state index is -5.08. The van der Waals surface area contributed by atoms with Crippen LogP contribution in [0.3, 0.4) is 0 Å². The number of para-hydroxylation sites is 1. The van der Waals surface area contributed by atoms with Crippen LogP contribution in [-0.4, -0.2) is 29.1 Å². The maximum absolute atomic E-state index is 13.1. The highest BCUT2D eigenvalue weighted by Crippen LogP contribution is 2.40. The van der Waals surface area contributed by atoms with Crippen LogP contribution in [0.15, 0.2) is 18.2 Å². The predicted octanol–water partition coefficient (Wildman–Crippen LogP) is 1.92. The maximum Gasteiger partial charge on any atom is 0.573 e. The fourth-order valence-corrected chi connectivity index (χ4v) is 1.32. The second-order valence-corrected chi connectivity index (χ2v) is 3.64. The molecule has 19 heavy (non-hydrogen) atoms. The summed E-state index contributed by atoms with van der Waals surface area (Å²) in [5.74, 6) is -6.00. The summed E-state index contributed by atoms with van der Waals surface area (Å²) in [5.41, 5.74) is 4.44. The number of alkyl halides is 5. The van der Waals surface area contributed by atoms with Gasteiger partial charge >= 0.3 is 6.36 Å². The zero-order valence-corrected chi connectivity index (χ0v) is 9.29. The minimum Gasteiger partial charge on any atom is -0.504 e. The average molecular weight is 287 g/mol. The first-order chi connectivity index (χ1) is 8.58. The van der Waals surface area contributed by atoms with E-state index < -0.39 is 42.0 Å². The lowest BCUT2D eigenvalue weighted by molar-refractivity contribution is -0.275. The number of benzene rings is 1. The Morgan fingerprint density at radius 3 is 2.26 bits per heavy atom. The Morgan fingerprint density at radius 2 is 1.79 bits per heavy atom. The normalized spacial score (nSPS) is 14.3. The number of phenols is 1. The molecule has 0 saturated heterocycles. The minimum absolute atomic E-state index is 0.666. The second kappa shape index (κ2) is 5.17. The largest absolute Gasteiger partial charge is 0.573 e. The molecule has 0 unspecified atom stereocenters. The van der Waals surface area contributed by atoms with Gasteiger partial charge in [0.2, 0.25) is 0 Å². The van der Waals surface area contributed by atoms with E-state index in [1.54, 1.807) is 0 Å². The third-order valence-corrected chi connectivity index (χ3v) is 2.26. The van der Waals surface area contributed by atoms with Crippen molar-refractivity contribution in [3.8, 4) is 11.5 Å². The number of phenolic OH excluding ortho intramolecular Hbond substituents is 1. The molecule has 9 heteroatoms. The maximum atomic E-state index is 13.1. The zero-order valence-electron chi connectivity index (χ0n) is 9.29. The zero-order chi connectivity index (χ0) is 14.8. The van der Waals surface area contributed by atoms with E-state index in [2.05, 4.69) is 4.74 Å². The Hall–Kier alpha value is -1.61. The molecule has 1 rings (SSSR count). The van der Waals surface area contributed by atoms with Gasteiger partial charge in [-0.3, -0.25) is 0 Å². The highest BCUT2D eigenvalue weighted by Gasteiger charge is 2.40. The van der Waals surface area contributed by atoms with E-state index >= 15 is 0 Å². The summed E-state index contributed by atoms with van der Waals surface area (Å²) in [4.78, 5) is 0. The highest BCUT2D eigenvalue weighted by molar-refractivity contribution is 5.47. The van der Waals surface area contributed by atoms with Crippen LogP contribution in [0.4, 0.5) is 22.0 Å². The number of nitrogens with two attached hydrogens (primary N) is 1. The SMILES string of the molecule is N[C@@H](c1cccc(OC(F)(F)F)c1O)C(F)(F)CO. The molecule has 0 amide bonds. The van der Waals surface area contributed by atoms with Gasteiger partial charge in [0.25, 0.3) is 5.92 Å². The Balaban J connectivity index is 3.14. The van der Waals surface area contributed by atoms with Crippen molar-refractivity contribution in [3.05, 3.63) is 23.8 Å². The molecule has 0 bridgehead atoms. The summed E-state index contributed by atoms with van der Waals surface area (Å²) in [6.45, 7) is -1.61. The molecule has 0 radical (unpaired) electrons. The molecule has 0 heterocycles. The van der Waals surface area contributed by atoms with Crippen LogP contribution in [0, 0.1) is 0 Å². The Morgan fingerprint density at radius 1 is 1.21 bits per heavy atom. The summed E-state index contributed by atoms with van der Waals surface area (Å²) in [6, 6.07) is 0.445. The number of ether oxygens (including phenoxy) is 1. The van der Waals surface area contributed by atoms with Crippen molar-refractivity contribution in [2.45, 2.75) is 18.3 Å².